The molecule has 4 N–H and O–H groups in total. The number of hydrogen-bond donors (Lipinski definition) is 3. The molecule has 1 rings (SSSR count). The van der Waals surface area contributed by atoms with Crippen molar-refractivity contribution in [3.05, 3.63) is 23.8 Å². The Morgan fingerprint density at radius 2 is 2.10 bits per heavy atom. The maximum atomic E-state index is 12.0. The molecule has 20 heavy (non-hydrogen) atoms. The van der Waals surface area contributed by atoms with Crippen LogP contribution in [-0.4, -0.2) is 26.0 Å². The molecule has 108 valence electrons. The number of sulfonamides is 1. The Morgan fingerprint density at radius 3 is 2.70 bits per heavy atom. The number of nitrogens with two attached hydrogens (primary N) is 1. The predicted molar refractivity (Wildman–Crippen MR) is 75.7 cm³/mol. The first-order valence-electron chi connectivity index (χ1n) is 5.94. The van der Waals surface area contributed by atoms with Crippen molar-refractivity contribution in [1.29, 1.82) is 0 Å². The van der Waals surface area contributed by atoms with Gasteiger partial charge in [-0.25, -0.2) is 17.9 Å². The summed E-state index contributed by atoms with van der Waals surface area (Å²) in [7, 11) is -3.88. The van der Waals surface area contributed by atoms with Crippen molar-refractivity contribution < 1.29 is 18.3 Å². The molecule has 0 fully saturated rings. The first-order valence-corrected chi connectivity index (χ1v) is 7.42. The first kappa shape index (κ1) is 16.0. The van der Waals surface area contributed by atoms with Crippen molar-refractivity contribution in [3.63, 3.8) is 0 Å². The van der Waals surface area contributed by atoms with Crippen LogP contribution in [0.4, 0.5) is 5.69 Å². The van der Waals surface area contributed by atoms with Gasteiger partial charge in [0, 0.05) is 18.7 Å². The third-order valence-corrected chi connectivity index (χ3v) is 4.08. The van der Waals surface area contributed by atoms with E-state index < -0.39 is 16.0 Å². The van der Waals surface area contributed by atoms with E-state index in [2.05, 4.69) is 10.6 Å². The molecule has 0 saturated heterocycles. The van der Waals surface area contributed by atoms with Crippen LogP contribution < -0.4 is 10.5 Å². The maximum absolute atomic E-state index is 12.0. The highest BCUT2D eigenvalue weighted by atomic mass is 32.2. The molecule has 7 heteroatoms. The van der Waals surface area contributed by atoms with Gasteiger partial charge in [-0.15, -0.1) is 12.3 Å². The minimum Gasteiger partial charge on any atom is -0.478 e. The summed E-state index contributed by atoms with van der Waals surface area (Å²) < 4.78 is 26.4. The highest BCUT2D eigenvalue weighted by Crippen LogP contribution is 2.18. The van der Waals surface area contributed by atoms with Gasteiger partial charge in [-0.2, -0.15) is 0 Å². The molecule has 1 aromatic rings. The number of nitrogen functional groups attached to an aromatic ring is 1. The first-order chi connectivity index (χ1) is 9.38. The summed E-state index contributed by atoms with van der Waals surface area (Å²) in [6, 6.07) is 3.65. The van der Waals surface area contributed by atoms with Gasteiger partial charge in [0.25, 0.3) is 0 Å². The standard InChI is InChI=1S/C13H16N2O4S/c1-2-3-4-5-8-15-20(18,19)12-7-6-10(14)9-11(12)13(16)17/h1,6-7,9,15H,3-5,8,14H2,(H,16,17). The molecule has 0 spiro atoms. The summed E-state index contributed by atoms with van der Waals surface area (Å²) in [5, 5.41) is 9.03. The van der Waals surface area contributed by atoms with Gasteiger partial charge >= 0.3 is 5.97 Å². The lowest BCUT2D eigenvalue weighted by molar-refractivity contribution is 0.0692. The van der Waals surface area contributed by atoms with E-state index in [0.717, 1.165) is 6.07 Å². The molecule has 0 amide bonds. The molecular formula is C13H16N2O4S. The third kappa shape index (κ3) is 4.26. The Morgan fingerprint density at radius 1 is 1.40 bits per heavy atom. The number of nitrogens with one attached hydrogen (secondary N) is 1. The summed E-state index contributed by atoms with van der Waals surface area (Å²) >= 11 is 0. The topological polar surface area (TPSA) is 109 Å². The van der Waals surface area contributed by atoms with E-state index in [1.807, 2.05) is 0 Å². The number of hydrogen-bond acceptors (Lipinski definition) is 4. The second-order valence-corrected chi connectivity index (χ2v) is 5.86. The highest BCUT2D eigenvalue weighted by molar-refractivity contribution is 7.89. The molecule has 0 unspecified atom stereocenters. The predicted octanol–water partition coefficient (Wildman–Crippen LogP) is 1.05. The summed E-state index contributed by atoms with van der Waals surface area (Å²) in [6.07, 6.45) is 6.95. The molecule has 0 atom stereocenters. The van der Waals surface area contributed by atoms with Crippen molar-refractivity contribution >= 4 is 21.7 Å². The van der Waals surface area contributed by atoms with Gasteiger partial charge < -0.3 is 10.8 Å². The molecule has 0 radical (unpaired) electrons. The number of carbonyl (C=O) groups is 1. The molecule has 0 saturated carbocycles. The molecule has 0 aliphatic rings. The number of rotatable bonds is 7. The van der Waals surface area contributed by atoms with Crippen molar-refractivity contribution in [2.24, 2.45) is 0 Å². The Bertz CT molecular complexity index is 632. The van der Waals surface area contributed by atoms with Gasteiger partial charge in [0.2, 0.25) is 10.0 Å². The zero-order chi connectivity index (χ0) is 15.2. The fourth-order valence-corrected chi connectivity index (χ4v) is 2.84. The van der Waals surface area contributed by atoms with E-state index in [4.69, 9.17) is 17.3 Å². The average molecular weight is 296 g/mol. The van der Waals surface area contributed by atoms with Crippen LogP contribution in [0.1, 0.15) is 29.6 Å². The molecule has 0 aliphatic heterocycles. The lowest BCUT2D eigenvalue weighted by Crippen LogP contribution is -2.26. The Hall–Kier alpha value is -2.04. The second kappa shape index (κ2) is 6.93. The molecule has 6 nitrogen and oxygen atoms in total. The van der Waals surface area contributed by atoms with Crippen LogP contribution in [0, 0.1) is 12.3 Å². The van der Waals surface area contributed by atoms with Gasteiger partial charge in [-0.1, -0.05) is 0 Å². The molecule has 0 heterocycles. The summed E-state index contributed by atoms with van der Waals surface area (Å²) in [5.74, 6) is 1.12. The van der Waals surface area contributed by atoms with Gasteiger partial charge in [0.1, 0.15) is 0 Å². The lowest BCUT2D eigenvalue weighted by atomic mass is 10.2. The fourth-order valence-electron chi connectivity index (χ4n) is 1.59. The number of anilines is 1. The second-order valence-electron chi connectivity index (χ2n) is 4.12. The zero-order valence-corrected chi connectivity index (χ0v) is 11.6. The summed E-state index contributed by atoms with van der Waals surface area (Å²) in [5.41, 5.74) is 5.31. The monoisotopic (exact) mass is 296 g/mol. The van der Waals surface area contributed by atoms with Crippen LogP contribution in [0.3, 0.4) is 0 Å². The Labute approximate surface area is 118 Å². The van der Waals surface area contributed by atoms with Gasteiger partial charge in [0.15, 0.2) is 0 Å². The van der Waals surface area contributed by atoms with Crippen molar-refractivity contribution in [2.45, 2.75) is 24.2 Å². The number of carboxylic acid groups (broad SMARTS) is 1. The number of aromatic carboxylic acids is 1. The summed E-state index contributed by atoms with van der Waals surface area (Å²) in [6.45, 7) is 0.202. The van der Waals surface area contributed by atoms with Crippen LogP contribution >= 0.6 is 0 Å². The van der Waals surface area contributed by atoms with Crippen LogP contribution in [0.5, 0.6) is 0 Å². The third-order valence-electron chi connectivity index (χ3n) is 2.56. The largest absolute Gasteiger partial charge is 0.478 e. The fraction of sp³-hybridized carbons (Fsp3) is 0.308. The Kier molecular flexibility index (Phi) is 5.55. The molecular weight excluding hydrogens is 280 g/mol. The van der Waals surface area contributed by atoms with Gasteiger partial charge in [0.05, 0.1) is 10.5 Å². The Balaban J connectivity index is 2.88. The number of benzene rings is 1. The molecule has 1 aromatic carbocycles. The van der Waals surface area contributed by atoms with Crippen molar-refractivity contribution in [2.75, 3.05) is 12.3 Å². The van der Waals surface area contributed by atoms with Crippen molar-refractivity contribution in [1.82, 2.24) is 4.72 Å². The van der Waals surface area contributed by atoms with E-state index in [-0.39, 0.29) is 22.7 Å². The van der Waals surface area contributed by atoms with Crippen LogP contribution in [0.25, 0.3) is 0 Å². The van der Waals surface area contributed by atoms with E-state index >= 15 is 0 Å². The number of unbranched alkanes of at least 4 members (excludes halogenated alkanes) is 2. The van der Waals surface area contributed by atoms with Gasteiger partial charge in [-0.3, -0.25) is 0 Å². The maximum Gasteiger partial charge on any atom is 0.337 e. The molecule has 0 bridgehead atoms. The van der Waals surface area contributed by atoms with E-state index in [0.29, 0.717) is 19.3 Å². The van der Waals surface area contributed by atoms with Gasteiger partial charge in [-0.05, 0) is 31.0 Å². The SMILES string of the molecule is C#CCCCCNS(=O)(=O)c1ccc(N)cc1C(=O)O. The van der Waals surface area contributed by atoms with Crippen molar-refractivity contribution in [3.8, 4) is 12.3 Å². The molecule has 0 aliphatic carbocycles. The summed E-state index contributed by atoms with van der Waals surface area (Å²) in [4.78, 5) is 10.8. The number of carboxylic acids is 1. The quantitative estimate of drug-likeness (QED) is 0.396. The molecule has 0 aromatic heterocycles. The van der Waals surface area contributed by atoms with E-state index in [1.165, 1.54) is 12.1 Å². The van der Waals surface area contributed by atoms with Crippen LogP contribution in [0.2, 0.25) is 0 Å². The van der Waals surface area contributed by atoms with E-state index in [1.54, 1.807) is 0 Å². The minimum atomic E-state index is -3.88. The highest BCUT2D eigenvalue weighted by Gasteiger charge is 2.21. The normalized spacial score (nSPS) is 10.9. The van der Waals surface area contributed by atoms with E-state index in [9.17, 15) is 13.2 Å². The lowest BCUT2D eigenvalue weighted by Gasteiger charge is -2.09. The van der Waals surface area contributed by atoms with Crippen LogP contribution in [-0.2, 0) is 10.0 Å². The number of terminal acetylenes is 1. The minimum absolute atomic E-state index is 0.190. The average Bonchev–Trinajstić information content (AvgIpc) is 2.38. The van der Waals surface area contributed by atoms with Crippen LogP contribution in [0.15, 0.2) is 23.1 Å². The zero-order valence-electron chi connectivity index (χ0n) is 10.8. The smallest absolute Gasteiger partial charge is 0.337 e.